The number of hydrogen-bond donors (Lipinski definition) is 2. The summed E-state index contributed by atoms with van der Waals surface area (Å²) in [6, 6.07) is 3.60. The van der Waals surface area contributed by atoms with Gasteiger partial charge in [-0.3, -0.25) is 4.79 Å². The van der Waals surface area contributed by atoms with E-state index in [-0.39, 0.29) is 12.5 Å². The molecule has 1 rings (SSSR count). The molecule has 1 unspecified atom stereocenters. The van der Waals surface area contributed by atoms with Crippen molar-refractivity contribution in [2.45, 2.75) is 18.9 Å². The summed E-state index contributed by atoms with van der Waals surface area (Å²) in [6.45, 7) is 2.26. The minimum atomic E-state index is -0.523. The predicted molar refractivity (Wildman–Crippen MR) is 63.8 cm³/mol. The van der Waals surface area contributed by atoms with E-state index in [0.717, 1.165) is 0 Å². The van der Waals surface area contributed by atoms with Crippen molar-refractivity contribution < 1.29 is 14.6 Å². The molecule has 0 saturated heterocycles. The van der Waals surface area contributed by atoms with Gasteiger partial charge in [0.15, 0.2) is 0 Å². The van der Waals surface area contributed by atoms with Crippen LogP contribution in [0.4, 0.5) is 0 Å². The summed E-state index contributed by atoms with van der Waals surface area (Å²) in [5.41, 5.74) is -0.523. The fraction of sp³-hybridized carbons (Fsp3) is 0.545. The smallest absolute Gasteiger partial charge is 0.261 e. The molecular weight excluding hydrogens is 226 g/mol. The Morgan fingerprint density at radius 2 is 2.44 bits per heavy atom. The van der Waals surface area contributed by atoms with Gasteiger partial charge in [-0.15, -0.1) is 11.3 Å². The van der Waals surface area contributed by atoms with Gasteiger partial charge in [0.1, 0.15) is 0 Å². The first-order valence-electron chi connectivity index (χ1n) is 5.07. The molecule has 0 radical (unpaired) electrons. The largest absolute Gasteiger partial charge is 0.396 e. The minimum absolute atomic E-state index is 0.0184. The first-order chi connectivity index (χ1) is 7.61. The van der Waals surface area contributed by atoms with Crippen LogP contribution < -0.4 is 5.32 Å². The highest BCUT2D eigenvalue weighted by Gasteiger charge is 2.26. The zero-order valence-corrected chi connectivity index (χ0v) is 10.3. The van der Waals surface area contributed by atoms with E-state index in [2.05, 4.69) is 5.32 Å². The van der Waals surface area contributed by atoms with Gasteiger partial charge in [-0.2, -0.15) is 0 Å². The van der Waals surface area contributed by atoms with Crippen LogP contribution in [0.25, 0.3) is 0 Å². The number of thiophene rings is 1. The highest BCUT2D eigenvalue weighted by Crippen LogP contribution is 2.14. The number of ether oxygens (including phenoxy) is 1. The van der Waals surface area contributed by atoms with Crippen LogP contribution >= 0.6 is 11.3 Å². The molecule has 0 aromatic carbocycles. The van der Waals surface area contributed by atoms with Gasteiger partial charge in [0.05, 0.1) is 17.0 Å². The Morgan fingerprint density at radius 1 is 1.69 bits per heavy atom. The molecule has 0 bridgehead atoms. The number of hydrogen-bond acceptors (Lipinski definition) is 4. The fourth-order valence-corrected chi connectivity index (χ4v) is 2.10. The number of methoxy groups -OCH3 is 1. The van der Waals surface area contributed by atoms with Crippen molar-refractivity contribution in [3.05, 3.63) is 22.4 Å². The van der Waals surface area contributed by atoms with E-state index in [0.29, 0.717) is 17.9 Å². The molecule has 4 nitrogen and oxygen atoms in total. The van der Waals surface area contributed by atoms with Crippen LogP contribution in [0, 0.1) is 0 Å². The lowest BCUT2D eigenvalue weighted by Crippen LogP contribution is -2.49. The van der Waals surface area contributed by atoms with Gasteiger partial charge < -0.3 is 15.2 Å². The van der Waals surface area contributed by atoms with Crippen molar-refractivity contribution in [3.8, 4) is 0 Å². The van der Waals surface area contributed by atoms with Crippen molar-refractivity contribution in [1.29, 1.82) is 0 Å². The molecule has 0 spiro atoms. The van der Waals surface area contributed by atoms with Gasteiger partial charge in [-0.1, -0.05) is 6.07 Å². The summed E-state index contributed by atoms with van der Waals surface area (Å²) in [4.78, 5) is 12.5. The van der Waals surface area contributed by atoms with Crippen LogP contribution in [0.1, 0.15) is 23.0 Å². The Kier molecular flexibility index (Phi) is 4.92. The molecule has 1 atom stereocenters. The first kappa shape index (κ1) is 13.2. The molecule has 1 heterocycles. The van der Waals surface area contributed by atoms with Crippen molar-refractivity contribution in [2.24, 2.45) is 0 Å². The normalized spacial score (nSPS) is 14.4. The van der Waals surface area contributed by atoms with E-state index in [4.69, 9.17) is 9.84 Å². The van der Waals surface area contributed by atoms with Crippen molar-refractivity contribution >= 4 is 17.2 Å². The van der Waals surface area contributed by atoms with E-state index < -0.39 is 5.54 Å². The molecule has 1 amide bonds. The lowest BCUT2D eigenvalue weighted by molar-refractivity contribution is 0.0729. The van der Waals surface area contributed by atoms with E-state index in [9.17, 15) is 4.79 Å². The van der Waals surface area contributed by atoms with Crippen molar-refractivity contribution in [3.63, 3.8) is 0 Å². The predicted octanol–water partition coefficient (Wildman–Crippen LogP) is 1.27. The number of carbonyl (C=O) groups is 1. The molecular formula is C11H17NO3S. The number of rotatable bonds is 6. The highest BCUT2D eigenvalue weighted by molar-refractivity contribution is 7.12. The molecule has 0 aliphatic heterocycles. The standard InChI is InChI=1S/C11H17NO3S/c1-11(5-6-13,8-15-2)12-10(14)9-4-3-7-16-9/h3-4,7,13H,5-6,8H2,1-2H3,(H,12,14). The van der Waals surface area contributed by atoms with Gasteiger partial charge in [0.25, 0.3) is 5.91 Å². The summed E-state index contributed by atoms with van der Waals surface area (Å²) >= 11 is 1.39. The van der Waals surface area contributed by atoms with Gasteiger partial charge in [-0.05, 0) is 24.8 Å². The topological polar surface area (TPSA) is 58.6 Å². The van der Waals surface area contributed by atoms with Crippen LogP contribution in [0.2, 0.25) is 0 Å². The lowest BCUT2D eigenvalue weighted by atomic mass is 9.99. The lowest BCUT2D eigenvalue weighted by Gasteiger charge is -2.29. The summed E-state index contributed by atoms with van der Waals surface area (Å²) < 4.78 is 5.06. The zero-order chi connectivity index (χ0) is 12.0. The number of carbonyl (C=O) groups excluding carboxylic acids is 1. The summed E-state index contributed by atoms with van der Waals surface area (Å²) in [5.74, 6) is -0.122. The molecule has 16 heavy (non-hydrogen) atoms. The SMILES string of the molecule is COCC(C)(CCO)NC(=O)c1cccs1. The number of aliphatic hydroxyl groups excluding tert-OH is 1. The number of aliphatic hydroxyl groups is 1. The van der Waals surface area contributed by atoms with Gasteiger partial charge >= 0.3 is 0 Å². The Hall–Kier alpha value is -0.910. The van der Waals surface area contributed by atoms with Gasteiger partial charge in [0.2, 0.25) is 0 Å². The minimum Gasteiger partial charge on any atom is -0.396 e. The molecule has 0 aliphatic rings. The van der Waals surface area contributed by atoms with Crippen LogP contribution in [-0.4, -0.2) is 36.9 Å². The van der Waals surface area contributed by atoms with Crippen LogP contribution in [-0.2, 0) is 4.74 Å². The molecule has 1 aromatic heterocycles. The van der Waals surface area contributed by atoms with Crippen LogP contribution in [0.15, 0.2) is 17.5 Å². The second kappa shape index (κ2) is 5.98. The second-order valence-corrected chi connectivity index (χ2v) is 4.85. The maximum Gasteiger partial charge on any atom is 0.261 e. The van der Waals surface area contributed by atoms with E-state index in [1.807, 2.05) is 18.4 Å². The van der Waals surface area contributed by atoms with Crippen molar-refractivity contribution in [1.82, 2.24) is 5.32 Å². The average molecular weight is 243 g/mol. The molecule has 0 fully saturated rings. The highest BCUT2D eigenvalue weighted by atomic mass is 32.1. The Balaban J connectivity index is 2.64. The maximum atomic E-state index is 11.8. The fourth-order valence-electron chi connectivity index (χ4n) is 1.48. The molecule has 0 aliphatic carbocycles. The third kappa shape index (κ3) is 3.59. The summed E-state index contributed by atoms with van der Waals surface area (Å²) in [5, 5.41) is 13.7. The summed E-state index contributed by atoms with van der Waals surface area (Å²) in [7, 11) is 1.58. The molecule has 5 heteroatoms. The van der Waals surface area contributed by atoms with E-state index in [1.165, 1.54) is 11.3 Å². The third-order valence-electron chi connectivity index (χ3n) is 2.29. The summed E-state index contributed by atoms with van der Waals surface area (Å²) in [6.07, 6.45) is 0.470. The van der Waals surface area contributed by atoms with Gasteiger partial charge in [0, 0.05) is 13.7 Å². The van der Waals surface area contributed by atoms with Crippen LogP contribution in [0.3, 0.4) is 0 Å². The first-order valence-corrected chi connectivity index (χ1v) is 5.95. The van der Waals surface area contributed by atoms with E-state index in [1.54, 1.807) is 13.2 Å². The quantitative estimate of drug-likeness (QED) is 0.791. The molecule has 0 saturated carbocycles. The van der Waals surface area contributed by atoms with Crippen molar-refractivity contribution in [2.75, 3.05) is 20.3 Å². The third-order valence-corrected chi connectivity index (χ3v) is 3.16. The van der Waals surface area contributed by atoms with E-state index >= 15 is 0 Å². The molecule has 90 valence electrons. The Morgan fingerprint density at radius 3 is 2.94 bits per heavy atom. The molecule has 2 N–H and O–H groups in total. The zero-order valence-electron chi connectivity index (χ0n) is 9.53. The Labute approximate surface area is 99.2 Å². The average Bonchev–Trinajstić information content (AvgIpc) is 2.70. The second-order valence-electron chi connectivity index (χ2n) is 3.90. The monoisotopic (exact) mass is 243 g/mol. The van der Waals surface area contributed by atoms with Gasteiger partial charge in [-0.25, -0.2) is 0 Å². The maximum absolute atomic E-state index is 11.8. The molecule has 1 aromatic rings. The number of amides is 1. The Bertz CT molecular complexity index is 318. The van der Waals surface area contributed by atoms with Crippen LogP contribution in [0.5, 0.6) is 0 Å². The number of nitrogens with one attached hydrogen (secondary N) is 1.